The maximum absolute atomic E-state index is 6.20. The van der Waals surface area contributed by atoms with E-state index in [2.05, 4.69) is 39.9 Å². The van der Waals surface area contributed by atoms with Crippen molar-refractivity contribution in [3.05, 3.63) is 22.7 Å². The zero-order valence-corrected chi connectivity index (χ0v) is 13.7. The number of hydrogen-bond acceptors (Lipinski definition) is 3. The first kappa shape index (κ1) is 15.5. The summed E-state index contributed by atoms with van der Waals surface area (Å²) in [5.41, 5.74) is 1.48. The Morgan fingerprint density at radius 3 is 2.50 bits per heavy atom. The third-order valence-corrected chi connectivity index (χ3v) is 3.51. The van der Waals surface area contributed by atoms with Crippen LogP contribution in [0, 0.1) is 5.41 Å². The SMILES string of the molecule is CC(C)(C)CC(C)(C)NCc1cc(Cl)c2c(c1)OCO2. The van der Waals surface area contributed by atoms with E-state index in [4.69, 9.17) is 21.1 Å². The molecule has 1 aromatic carbocycles. The van der Waals surface area contributed by atoms with Gasteiger partial charge in [-0.05, 0) is 43.4 Å². The maximum Gasteiger partial charge on any atom is 0.231 e. The Labute approximate surface area is 126 Å². The van der Waals surface area contributed by atoms with Crippen molar-refractivity contribution in [2.45, 2.75) is 53.1 Å². The summed E-state index contributed by atoms with van der Waals surface area (Å²) in [5, 5.41) is 4.21. The van der Waals surface area contributed by atoms with Gasteiger partial charge in [-0.15, -0.1) is 0 Å². The van der Waals surface area contributed by atoms with E-state index in [0.717, 1.165) is 24.3 Å². The van der Waals surface area contributed by atoms with Crippen molar-refractivity contribution < 1.29 is 9.47 Å². The molecule has 0 amide bonds. The van der Waals surface area contributed by atoms with Crippen molar-refractivity contribution >= 4 is 11.6 Å². The van der Waals surface area contributed by atoms with Crippen molar-refractivity contribution in [3.8, 4) is 11.5 Å². The quantitative estimate of drug-likeness (QED) is 0.895. The fourth-order valence-corrected chi connectivity index (χ4v) is 3.14. The molecule has 1 N–H and O–H groups in total. The van der Waals surface area contributed by atoms with Crippen molar-refractivity contribution in [1.82, 2.24) is 5.32 Å². The summed E-state index contributed by atoms with van der Waals surface area (Å²) < 4.78 is 10.7. The molecule has 0 atom stereocenters. The van der Waals surface area contributed by atoms with Gasteiger partial charge < -0.3 is 14.8 Å². The summed E-state index contributed by atoms with van der Waals surface area (Å²) in [7, 11) is 0. The fourth-order valence-electron chi connectivity index (χ4n) is 2.85. The van der Waals surface area contributed by atoms with Gasteiger partial charge in [0.15, 0.2) is 11.5 Å². The maximum atomic E-state index is 6.20. The molecule has 112 valence electrons. The summed E-state index contributed by atoms with van der Waals surface area (Å²) in [5.74, 6) is 1.40. The highest BCUT2D eigenvalue weighted by Gasteiger charge is 2.25. The van der Waals surface area contributed by atoms with Crippen molar-refractivity contribution in [3.63, 3.8) is 0 Å². The van der Waals surface area contributed by atoms with Gasteiger partial charge in [-0.3, -0.25) is 0 Å². The number of fused-ring (bicyclic) bond motifs is 1. The van der Waals surface area contributed by atoms with Crippen LogP contribution in [0.2, 0.25) is 5.02 Å². The molecule has 0 aromatic heterocycles. The van der Waals surface area contributed by atoms with Crippen LogP contribution in [0.3, 0.4) is 0 Å². The number of nitrogens with one attached hydrogen (secondary N) is 1. The van der Waals surface area contributed by atoms with Crippen LogP contribution in [0.5, 0.6) is 11.5 Å². The number of benzene rings is 1. The standard InChI is InChI=1S/C16H24ClNO2/c1-15(2,3)9-16(4,5)18-8-11-6-12(17)14-13(7-11)19-10-20-14/h6-7,18H,8-10H2,1-5H3. The Balaban J connectivity index is 2.03. The minimum absolute atomic E-state index is 0.0705. The molecule has 1 aliphatic heterocycles. The molecule has 0 spiro atoms. The van der Waals surface area contributed by atoms with E-state index in [1.807, 2.05) is 12.1 Å². The van der Waals surface area contributed by atoms with Crippen LogP contribution in [0.25, 0.3) is 0 Å². The van der Waals surface area contributed by atoms with E-state index in [9.17, 15) is 0 Å². The average Bonchev–Trinajstić information content (AvgIpc) is 2.72. The molecule has 20 heavy (non-hydrogen) atoms. The molecule has 1 aromatic rings. The van der Waals surface area contributed by atoms with Crippen LogP contribution in [0.15, 0.2) is 12.1 Å². The third-order valence-electron chi connectivity index (χ3n) is 3.23. The van der Waals surface area contributed by atoms with Crippen molar-refractivity contribution in [2.75, 3.05) is 6.79 Å². The number of rotatable bonds is 4. The molecule has 4 heteroatoms. The van der Waals surface area contributed by atoms with Crippen LogP contribution >= 0.6 is 11.6 Å². The van der Waals surface area contributed by atoms with Gasteiger partial charge in [0.1, 0.15) is 0 Å². The molecule has 2 rings (SSSR count). The molecule has 0 fully saturated rings. The highest BCUT2D eigenvalue weighted by molar-refractivity contribution is 6.32. The van der Waals surface area contributed by atoms with Gasteiger partial charge in [0.05, 0.1) is 5.02 Å². The first-order valence-electron chi connectivity index (χ1n) is 6.99. The van der Waals surface area contributed by atoms with Crippen LogP contribution in [-0.2, 0) is 6.54 Å². The second-order valence-corrected chi connectivity index (χ2v) is 7.69. The average molecular weight is 298 g/mol. The molecule has 0 saturated carbocycles. The first-order valence-corrected chi connectivity index (χ1v) is 7.37. The van der Waals surface area contributed by atoms with Gasteiger partial charge in [0, 0.05) is 12.1 Å². The monoisotopic (exact) mass is 297 g/mol. The van der Waals surface area contributed by atoms with Gasteiger partial charge in [-0.1, -0.05) is 32.4 Å². The Kier molecular flexibility index (Phi) is 4.22. The molecular formula is C16H24ClNO2. The highest BCUT2D eigenvalue weighted by Crippen LogP contribution is 2.40. The van der Waals surface area contributed by atoms with Crippen molar-refractivity contribution in [2.24, 2.45) is 5.41 Å². The van der Waals surface area contributed by atoms with Gasteiger partial charge in [0.25, 0.3) is 0 Å². The largest absolute Gasteiger partial charge is 0.454 e. The first-order chi connectivity index (χ1) is 9.16. The van der Waals surface area contributed by atoms with Crippen molar-refractivity contribution in [1.29, 1.82) is 0 Å². The molecule has 0 radical (unpaired) electrons. The summed E-state index contributed by atoms with van der Waals surface area (Å²) in [6.45, 7) is 12.2. The third kappa shape index (κ3) is 4.03. The predicted octanol–water partition coefficient (Wildman–Crippen LogP) is 4.37. The number of halogens is 1. The second kappa shape index (κ2) is 5.45. The Morgan fingerprint density at radius 1 is 1.15 bits per heavy atom. The van der Waals surface area contributed by atoms with E-state index >= 15 is 0 Å². The topological polar surface area (TPSA) is 30.5 Å². The lowest BCUT2D eigenvalue weighted by Crippen LogP contribution is -2.41. The molecular weight excluding hydrogens is 274 g/mol. The van der Waals surface area contributed by atoms with Crippen LogP contribution in [0.4, 0.5) is 0 Å². The highest BCUT2D eigenvalue weighted by atomic mass is 35.5. The molecule has 1 heterocycles. The lowest BCUT2D eigenvalue weighted by molar-refractivity contribution is 0.174. The molecule has 1 aliphatic rings. The van der Waals surface area contributed by atoms with Crippen LogP contribution in [0.1, 0.15) is 46.6 Å². The zero-order chi connectivity index (χ0) is 15.0. The van der Waals surface area contributed by atoms with E-state index < -0.39 is 0 Å². The molecule has 3 nitrogen and oxygen atoms in total. The summed E-state index contributed by atoms with van der Waals surface area (Å²) in [4.78, 5) is 0. The molecule has 0 unspecified atom stereocenters. The molecule has 0 saturated heterocycles. The van der Waals surface area contributed by atoms with Crippen LogP contribution < -0.4 is 14.8 Å². The zero-order valence-electron chi connectivity index (χ0n) is 13.0. The Morgan fingerprint density at radius 2 is 1.85 bits per heavy atom. The number of ether oxygens (including phenoxy) is 2. The lowest BCUT2D eigenvalue weighted by Gasteiger charge is -2.33. The predicted molar refractivity (Wildman–Crippen MR) is 82.6 cm³/mol. The minimum Gasteiger partial charge on any atom is -0.454 e. The fraction of sp³-hybridized carbons (Fsp3) is 0.625. The summed E-state index contributed by atoms with van der Waals surface area (Å²) in [6, 6.07) is 3.93. The number of hydrogen-bond donors (Lipinski definition) is 1. The van der Waals surface area contributed by atoms with Gasteiger partial charge in [0.2, 0.25) is 6.79 Å². The normalized spacial score (nSPS) is 14.7. The molecule has 0 bridgehead atoms. The summed E-state index contributed by atoms with van der Waals surface area (Å²) >= 11 is 6.20. The molecule has 0 aliphatic carbocycles. The van der Waals surface area contributed by atoms with Gasteiger partial charge in [-0.2, -0.15) is 0 Å². The van der Waals surface area contributed by atoms with Gasteiger partial charge in [-0.25, -0.2) is 0 Å². The van der Waals surface area contributed by atoms with E-state index in [1.54, 1.807) is 0 Å². The lowest BCUT2D eigenvalue weighted by atomic mass is 9.82. The summed E-state index contributed by atoms with van der Waals surface area (Å²) in [6.07, 6.45) is 1.10. The minimum atomic E-state index is 0.0705. The second-order valence-electron chi connectivity index (χ2n) is 7.29. The van der Waals surface area contributed by atoms with Crippen LogP contribution in [-0.4, -0.2) is 12.3 Å². The van der Waals surface area contributed by atoms with Gasteiger partial charge >= 0.3 is 0 Å². The Bertz CT molecular complexity index is 492. The smallest absolute Gasteiger partial charge is 0.231 e. The Hall–Kier alpha value is -0.930. The van der Waals surface area contributed by atoms with E-state index in [-0.39, 0.29) is 12.3 Å². The van der Waals surface area contributed by atoms with E-state index in [0.29, 0.717) is 16.2 Å². The van der Waals surface area contributed by atoms with E-state index in [1.165, 1.54) is 0 Å².